The van der Waals surface area contributed by atoms with Gasteiger partial charge in [0.15, 0.2) is 0 Å². The first-order valence-corrected chi connectivity index (χ1v) is 9.79. The van der Waals surface area contributed by atoms with Crippen LogP contribution in [0.1, 0.15) is 32.6 Å². The zero-order valence-corrected chi connectivity index (χ0v) is 18.3. The van der Waals surface area contributed by atoms with Gasteiger partial charge in [0, 0.05) is 43.8 Å². The molecular formula is C20H31Cl2FN4O2. The zero-order chi connectivity index (χ0) is 19.4. The molecule has 3 rings (SSSR count). The molecule has 0 aromatic heterocycles. The van der Waals surface area contributed by atoms with Crippen molar-refractivity contribution >= 4 is 42.3 Å². The monoisotopic (exact) mass is 448 g/mol. The fourth-order valence-corrected chi connectivity index (χ4v) is 4.02. The lowest BCUT2D eigenvalue weighted by atomic mass is 9.85. The number of hydrogen-bond donors (Lipinski definition) is 2. The van der Waals surface area contributed by atoms with Gasteiger partial charge in [-0.2, -0.15) is 0 Å². The summed E-state index contributed by atoms with van der Waals surface area (Å²) in [6, 6.07) is 5.68. The molecule has 1 aliphatic carbocycles. The Morgan fingerprint density at radius 3 is 2.48 bits per heavy atom. The predicted octanol–water partition coefficient (Wildman–Crippen LogP) is 2.66. The third-order valence-electron chi connectivity index (χ3n) is 5.71. The van der Waals surface area contributed by atoms with Crippen molar-refractivity contribution in [3.8, 4) is 0 Å². The summed E-state index contributed by atoms with van der Waals surface area (Å²) < 4.78 is 13.3. The van der Waals surface area contributed by atoms with Gasteiger partial charge < -0.3 is 16.0 Å². The van der Waals surface area contributed by atoms with Gasteiger partial charge in [-0.1, -0.05) is 12.5 Å². The van der Waals surface area contributed by atoms with Crippen molar-refractivity contribution in [1.29, 1.82) is 0 Å². The number of piperazine rings is 1. The molecule has 164 valence electrons. The van der Waals surface area contributed by atoms with Crippen molar-refractivity contribution in [2.24, 2.45) is 11.7 Å². The van der Waals surface area contributed by atoms with Gasteiger partial charge in [-0.05, 0) is 44.4 Å². The Balaban J connectivity index is 0.00000210. The van der Waals surface area contributed by atoms with Crippen LogP contribution in [0.25, 0.3) is 0 Å². The van der Waals surface area contributed by atoms with Gasteiger partial charge in [0.1, 0.15) is 5.82 Å². The van der Waals surface area contributed by atoms with E-state index in [2.05, 4.69) is 10.2 Å². The molecule has 3 atom stereocenters. The van der Waals surface area contributed by atoms with E-state index in [0.29, 0.717) is 31.9 Å². The van der Waals surface area contributed by atoms with Crippen LogP contribution in [0.5, 0.6) is 0 Å². The molecule has 1 aromatic carbocycles. The summed E-state index contributed by atoms with van der Waals surface area (Å²) in [5, 5.41) is 2.76. The van der Waals surface area contributed by atoms with E-state index in [1.807, 2.05) is 11.8 Å². The zero-order valence-electron chi connectivity index (χ0n) is 16.7. The molecule has 1 heterocycles. The molecule has 1 aliphatic heterocycles. The Kier molecular flexibility index (Phi) is 10.3. The van der Waals surface area contributed by atoms with Crippen molar-refractivity contribution in [2.75, 3.05) is 31.5 Å². The highest BCUT2D eigenvalue weighted by atomic mass is 35.5. The lowest BCUT2D eigenvalue weighted by Crippen LogP contribution is -2.55. The number of rotatable bonds is 4. The molecule has 2 aliphatic rings. The fraction of sp³-hybridized carbons (Fsp3) is 0.600. The van der Waals surface area contributed by atoms with E-state index in [0.717, 1.165) is 25.7 Å². The minimum atomic E-state index is -0.380. The second-order valence-electron chi connectivity index (χ2n) is 7.66. The van der Waals surface area contributed by atoms with Crippen LogP contribution in [0.2, 0.25) is 0 Å². The van der Waals surface area contributed by atoms with Crippen LogP contribution in [-0.2, 0) is 9.59 Å². The van der Waals surface area contributed by atoms with Gasteiger partial charge in [0.2, 0.25) is 11.8 Å². The molecule has 3 N–H and O–H groups in total. The van der Waals surface area contributed by atoms with E-state index < -0.39 is 0 Å². The lowest BCUT2D eigenvalue weighted by molar-refractivity contribution is -0.139. The van der Waals surface area contributed by atoms with Crippen molar-refractivity contribution in [2.45, 2.75) is 44.7 Å². The smallest absolute Gasteiger partial charge is 0.241 e. The number of nitrogens with zero attached hydrogens (tertiary/aromatic N) is 2. The summed E-state index contributed by atoms with van der Waals surface area (Å²) >= 11 is 0. The van der Waals surface area contributed by atoms with Gasteiger partial charge in [0.25, 0.3) is 0 Å². The fourth-order valence-electron chi connectivity index (χ4n) is 4.02. The molecule has 9 heteroatoms. The number of halogens is 3. The maximum Gasteiger partial charge on any atom is 0.241 e. The first-order valence-electron chi connectivity index (χ1n) is 9.79. The number of anilines is 1. The summed E-state index contributed by atoms with van der Waals surface area (Å²) in [7, 11) is 0. The van der Waals surface area contributed by atoms with Crippen LogP contribution in [0, 0.1) is 11.7 Å². The van der Waals surface area contributed by atoms with Crippen LogP contribution in [-0.4, -0.2) is 59.9 Å². The van der Waals surface area contributed by atoms with E-state index >= 15 is 0 Å². The van der Waals surface area contributed by atoms with Gasteiger partial charge in [-0.25, -0.2) is 4.39 Å². The molecular weight excluding hydrogens is 418 g/mol. The second kappa shape index (κ2) is 11.7. The molecule has 1 saturated heterocycles. The predicted molar refractivity (Wildman–Crippen MR) is 117 cm³/mol. The Morgan fingerprint density at radius 1 is 1.17 bits per heavy atom. The van der Waals surface area contributed by atoms with Crippen molar-refractivity contribution in [3.05, 3.63) is 30.1 Å². The van der Waals surface area contributed by atoms with Crippen LogP contribution in [0.15, 0.2) is 24.3 Å². The molecule has 0 spiro atoms. The molecule has 2 fully saturated rings. The van der Waals surface area contributed by atoms with Crippen molar-refractivity contribution in [3.63, 3.8) is 0 Å². The minimum Gasteiger partial charge on any atom is -0.340 e. The standard InChI is InChI=1S/C20H29FN4O2.2ClH/c1-14(19(26)23-18-7-3-5-16(21)13-18)24-8-10-25(11-9-24)20(27)15-4-2-6-17(22)12-15;;/h3,5,7,13-15,17H,2,4,6,8-12,22H2,1H3,(H,23,26);2*1H. The first-order chi connectivity index (χ1) is 12.9. The van der Waals surface area contributed by atoms with E-state index in [1.165, 1.54) is 12.1 Å². The number of carbonyl (C=O) groups is 2. The molecule has 6 nitrogen and oxygen atoms in total. The molecule has 29 heavy (non-hydrogen) atoms. The van der Waals surface area contributed by atoms with E-state index in [-0.39, 0.29) is 60.4 Å². The van der Waals surface area contributed by atoms with E-state index in [9.17, 15) is 14.0 Å². The lowest BCUT2D eigenvalue weighted by Gasteiger charge is -2.39. The summed E-state index contributed by atoms with van der Waals surface area (Å²) in [5.74, 6) is -0.288. The molecule has 1 saturated carbocycles. The summed E-state index contributed by atoms with van der Waals surface area (Å²) in [4.78, 5) is 29.1. The maximum atomic E-state index is 13.3. The molecule has 1 aromatic rings. The van der Waals surface area contributed by atoms with Crippen molar-refractivity contribution < 1.29 is 14.0 Å². The average molecular weight is 449 g/mol. The Hall–Kier alpha value is -1.41. The Bertz CT molecular complexity index is 686. The number of amides is 2. The number of nitrogens with one attached hydrogen (secondary N) is 1. The van der Waals surface area contributed by atoms with Crippen LogP contribution >= 0.6 is 24.8 Å². The molecule has 2 amide bonds. The van der Waals surface area contributed by atoms with Crippen molar-refractivity contribution in [1.82, 2.24) is 9.80 Å². The van der Waals surface area contributed by atoms with Gasteiger partial charge in [-0.15, -0.1) is 24.8 Å². The number of hydrogen-bond acceptors (Lipinski definition) is 4. The van der Waals surface area contributed by atoms with Crippen LogP contribution in [0.4, 0.5) is 10.1 Å². The van der Waals surface area contributed by atoms with Crippen LogP contribution < -0.4 is 11.1 Å². The average Bonchev–Trinajstić information content (AvgIpc) is 2.67. The van der Waals surface area contributed by atoms with E-state index in [1.54, 1.807) is 12.1 Å². The van der Waals surface area contributed by atoms with Crippen LogP contribution in [0.3, 0.4) is 0 Å². The topological polar surface area (TPSA) is 78.7 Å². The summed E-state index contributed by atoms with van der Waals surface area (Å²) in [6.45, 7) is 4.40. The highest BCUT2D eigenvalue weighted by molar-refractivity contribution is 5.94. The SMILES string of the molecule is CC(C(=O)Nc1cccc(F)c1)N1CCN(C(=O)C2CCCC(N)C2)CC1.Cl.Cl. The van der Waals surface area contributed by atoms with Gasteiger partial charge >= 0.3 is 0 Å². The van der Waals surface area contributed by atoms with Gasteiger partial charge in [-0.3, -0.25) is 14.5 Å². The summed E-state index contributed by atoms with van der Waals surface area (Å²) in [5.41, 5.74) is 6.47. The van der Waals surface area contributed by atoms with Gasteiger partial charge in [0.05, 0.1) is 6.04 Å². The Labute approximate surface area is 184 Å². The minimum absolute atomic E-state index is 0. The molecule has 0 radical (unpaired) electrons. The number of benzene rings is 1. The first kappa shape index (κ1) is 25.6. The highest BCUT2D eigenvalue weighted by Gasteiger charge is 2.32. The third-order valence-corrected chi connectivity index (χ3v) is 5.71. The molecule has 3 unspecified atom stereocenters. The summed E-state index contributed by atoms with van der Waals surface area (Å²) in [6.07, 6.45) is 3.75. The van der Waals surface area contributed by atoms with E-state index in [4.69, 9.17) is 5.73 Å². The molecule has 0 bridgehead atoms. The highest BCUT2D eigenvalue weighted by Crippen LogP contribution is 2.25. The number of carbonyl (C=O) groups excluding carboxylic acids is 2. The normalized spacial score (nSPS) is 23.3. The quantitative estimate of drug-likeness (QED) is 0.741. The Morgan fingerprint density at radius 2 is 1.86 bits per heavy atom. The maximum absolute atomic E-state index is 13.3. The third kappa shape index (κ3) is 6.81. The number of nitrogens with two attached hydrogens (primary N) is 1. The second-order valence-corrected chi connectivity index (χ2v) is 7.66. The largest absolute Gasteiger partial charge is 0.340 e.